The molecule has 1 aromatic carbocycles. The normalized spacial score (nSPS) is 31.5. The average molecular weight is 293 g/mol. The highest BCUT2D eigenvalue weighted by molar-refractivity contribution is 7.99. The van der Waals surface area contributed by atoms with E-state index in [-0.39, 0.29) is 11.6 Å². The topological polar surface area (TPSA) is 44.5 Å². The molecule has 0 aliphatic carbocycles. The summed E-state index contributed by atoms with van der Waals surface area (Å²) >= 11 is 1.98. The lowest BCUT2D eigenvalue weighted by Gasteiger charge is -2.48. The minimum atomic E-state index is -0.120. The predicted octanol–water partition coefficient (Wildman–Crippen LogP) is 3.38. The first-order valence-electron chi connectivity index (χ1n) is 7.13. The van der Waals surface area contributed by atoms with Crippen molar-refractivity contribution in [2.45, 2.75) is 38.3 Å². The maximum absolute atomic E-state index is 6.43. The molecule has 1 unspecified atom stereocenters. The highest BCUT2D eigenvalue weighted by Gasteiger charge is 2.46. The van der Waals surface area contributed by atoms with Crippen LogP contribution < -0.4 is 15.2 Å². The Balaban J connectivity index is 1.94. The van der Waals surface area contributed by atoms with E-state index in [1.54, 1.807) is 7.11 Å². The molecule has 0 aromatic heterocycles. The third-order valence-corrected chi connectivity index (χ3v) is 5.91. The summed E-state index contributed by atoms with van der Waals surface area (Å²) in [7, 11) is 1.68. The summed E-state index contributed by atoms with van der Waals surface area (Å²) in [5.41, 5.74) is 7.69. The SMILES string of the molecule is COc1ccc2c(c1)OC1(CSCC(C)(C)C1)C[C@@H]2N. The van der Waals surface area contributed by atoms with Gasteiger partial charge in [0.25, 0.3) is 0 Å². The Kier molecular flexibility index (Phi) is 3.41. The lowest BCUT2D eigenvalue weighted by molar-refractivity contribution is 0.0165. The Morgan fingerprint density at radius 2 is 2.15 bits per heavy atom. The first kappa shape index (κ1) is 14.1. The monoisotopic (exact) mass is 293 g/mol. The minimum Gasteiger partial charge on any atom is -0.497 e. The fraction of sp³-hybridized carbons (Fsp3) is 0.625. The lowest BCUT2D eigenvalue weighted by atomic mass is 9.76. The van der Waals surface area contributed by atoms with Gasteiger partial charge >= 0.3 is 0 Å². The zero-order valence-electron chi connectivity index (χ0n) is 12.4. The van der Waals surface area contributed by atoms with Crippen LogP contribution in [0, 0.1) is 5.41 Å². The first-order valence-corrected chi connectivity index (χ1v) is 8.29. The van der Waals surface area contributed by atoms with E-state index in [0.717, 1.165) is 35.7 Å². The fourth-order valence-corrected chi connectivity index (χ4v) is 4.91. The predicted molar refractivity (Wildman–Crippen MR) is 83.6 cm³/mol. The van der Waals surface area contributed by atoms with Crippen LogP contribution in [0.5, 0.6) is 11.5 Å². The van der Waals surface area contributed by atoms with Crippen LogP contribution in [-0.4, -0.2) is 24.2 Å². The number of methoxy groups -OCH3 is 1. The van der Waals surface area contributed by atoms with Gasteiger partial charge < -0.3 is 15.2 Å². The lowest BCUT2D eigenvalue weighted by Crippen LogP contribution is -2.51. The molecular weight excluding hydrogens is 270 g/mol. The van der Waals surface area contributed by atoms with Crippen molar-refractivity contribution in [2.75, 3.05) is 18.6 Å². The van der Waals surface area contributed by atoms with Crippen LogP contribution in [0.1, 0.15) is 38.3 Å². The van der Waals surface area contributed by atoms with Gasteiger partial charge in [0.15, 0.2) is 0 Å². The van der Waals surface area contributed by atoms with Gasteiger partial charge in [-0.25, -0.2) is 0 Å². The molecule has 1 spiro atoms. The summed E-state index contributed by atoms with van der Waals surface area (Å²) in [6.07, 6.45) is 1.97. The second-order valence-electron chi connectivity index (χ2n) is 6.83. The van der Waals surface area contributed by atoms with E-state index in [1.807, 2.05) is 30.0 Å². The second kappa shape index (κ2) is 4.85. The van der Waals surface area contributed by atoms with Crippen LogP contribution in [0.4, 0.5) is 0 Å². The third kappa shape index (κ3) is 2.51. The molecule has 1 saturated heterocycles. The van der Waals surface area contributed by atoms with Crippen LogP contribution in [0.25, 0.3) is 0 Å². The van der Waals surface area contributed by atoms with Crippen molar-refractivity contribution in [3.63, 3.8) is 0 Å². The van der Waals surface area contributed by atoms with Gasteiger partial charge in [-0.3, -0.25) is 0 Å². The summed E-state index contributed by atoms with van der Waals surface area (Å²) in [6.45, 7) is 4.63. The first-order chi connectivity index (χ1) is 9.43. The van der Waals surface area contributed by atoms with E-state index in [2.05, 4.69) is 13.8 Å². The van der Waals surface area contributed by atoms with Crippen LogP contribution in [-0.2, 0) is 0 Å². The molecule has 20 heavy (non-hydrogen) atoms. The highest BCUT2D eigenvalue weighted by atomic mass is 32.2. The van der Waals surface area contributed by atoms with Crippen molar-refractivity contribution >= 4 is 11.8 Å². The Labute approximate surface area is 125 Å². The summed E-state index contributed by atoms with van der Waals surface area (Å²) in [6, 6.07) is 6.02. The van der Waals surface area contributed by atoms with E-state index in [9.17, 15) is 0 Å². The smallest absolute Gasteiger partial charge is 0.128 e. The highest BCUT2D eigenvalue weighted by Crippen LogP contribution is 2.49. The van der Waals surface area contributed by atoms with Crippen molar-refractivity contribution in [3.05, 3.63) is 23.8 Å². The molecule has 0 bridgehead atoms. The van der Waals surface area contributed by atoms with Gasteiger partial charge in [-0.05, 0) is 23.7 Å². The van der Waals surface area contributed by atoms with Gasteiger partial charge in [-0.15, -0.1) is 0 Å². The van der Waals surface area contributed by atoms with Crippen LogP contribution in [0.3, 0.4) is 0 Å². The molecular formula is C16H23NO2S. The molecule has 0 radical (unpaired) electrons. The number of fused-ring (bicyclic) bond motifs is 1. The molecule has 3 rings (SSSR count). The zero-order chi connectivity index (χ0) is 14.4. The second-order valence-corrected chi connectivity index (χ2v) is 7.82. The minimum absolute atomic E-state index is 0.0548. The molecule has 4 heteroatoms. The number of nitrogens with two attached hydrogens (primary N) is 1. The Morgan fingerprint density at radius 3 is 2.85 bits per heavy atom. The molecule has 2 aliphatic rings. The standard InChI is InChI=1S/C16H23NO2S/c1-15(2)8-16(10-20-9-15)7-13(17)12-5-4-11(18-3)6-14(12)19-16/h4-6,13H,7-10,17H2,1-3H3/t13-,16?/m0/s1. The number of ether oxygens (including phenoxy) is 2. The zero-order valence-corrected chi connectivity index (χ0v) is 13.3. The van der Waals surface area contributed by atoms with Crippen LogP contribution >= 0.6 is 11.8 Å². The molecule has 2 heterocycles. The Hall–Kier alpha value is -0.870. The van der Waals surface area contributed by atoms with Gasteiger partial charge in [0.05, 0.1) is 7.11 Å². The summed E-state index contributed by atoms with van der Waals surface area (Å²) in [5, 5.41) is 0. The maximum Gasteiger partial charge on any atom is 0.128 e. The third-order valence-electron chi connectivity index (χ3n) is 4.20. The summed E-state index contributed by atoms with van der Waals surface area (Å²) in [4.78, 5) is 0. The molecule has 0 saturated carbocycles. The van der Waals surface area contributed by atoms with Gasteiger partial charge in [0.2, 0.25) is 0 Å². The van der Waals surface area contributed by atoms with E-state index in [0.29, 0.717) is 5.41 Å². The number of rotatable bonds is 1. The van der Waals surface area contributed by atoms with Crippen molar-refractivity contribution in [1.82, 2.24) is 0 Å². The quantitative estimate of drug-likeness (QED) is 0.862. The van der Waals surface area contributed by atoms with Gasteiger partial charge in [-0.2, -0.15) is 11.8 Å². The van der Waals surface area contributed by atoms with Crippen LogP contribution in [0.15, 0.2) is 18.2 Å². The number of benzene rings is 1. The molecule has 2 atom stereocenters. The Morgan fingerprint density at radius 1 is 1.35 bits per heavy atom. The summed E-state index contributed by atoms with van der Waals surface area (Å²) in [5.74, 6) is 3.95. The van der Waals surface area contributed by atoms with E-state index in [4.69, 9.17) is 15.2 Å². The molecule has 0 amide bonds. The fourth-order valence-electron chi connectivity index (χ4n) is 3.51. The number of thioether (sulfide) groups is 1. The van der Waals surface area contributed by atoms with E-state index >= 15 is 0 Å². The molecule has 2 N–H and O–H groups in total. The van der Waals surface area contributed by atoms with E-state index in [1.165, 1.54) is 5.75 Å². The van der Waals surface area contributed by atoms with Crippen molar-refractivity contribution in [3.8, 4) is 11.5 Å². The largest absolute Gasteiger partial charge is 0.497 e. The molecule has 1 fully saturated rings. The van der Waals surface area contributed by atoms with E-state index < -0.39 is 0 Å². The molecule has 2 aliphatic heterocycles. The van der Waals surface area contributed by atoms with Crippen molar-refractivity contribution in [1.29, 1.82) is 0 Å². The van der Waals surface area contributed by atoms with Gasteiger partial charge in [-0.1, -0.05) is 19.9 Å². The molecule has 1 aromatic rings. The summed E-state index contributed by atoms with van der Waals surface area (Å²) < 4.78 is 11.7. The molecule has 3 nitrogen and oxygen atoms in total. The number of hydrogen-bond donors (Lipinski definition) is 1. The van der Waals surface area contributed by atoms with Gasteiger partial charge in [0.1, 0.15) is 17.1 Å². The van der Waals surface area contributed by atoms with Crippen LogP contribution in [0.2, 0.25) is 0 Å². The average Bonchev–Trinajstić information content (AvgIpc) is 2.36. The van der Waals surface area contributed by atoms with Crippen molar-refractivity contribution < 1.29 is 9.47 Å². The molecule has 110 valence electrons. The Bertz CT molecular complexity index is 517. The van der Waals surface area contributed by atoms with Crippen molar-refractivity contribution in [2.24, 2.45) is 11.1 Å². The number of hydrogen-bond acceptors (Lipinski definition) is 4. The maximum atomic E-state index is 6.43. The van der Waals surface area contributed by atoms with Gasteiger partial charge in [0, 0.05) is 29.8 Å².